The summed E-state index contributed by atoms with van der Waals surface area (Å²) in [5, 5.41) is 3.21. The smallest absolute Gasteiger partial charge is 0.0303 e. The molecule has 14 heavy (non-hydrogen) atoms. The number of hydrogen-bond donors (Lipinski definition) is 1. The molecule has 0 saturated heterocycles. The fraction of sp³-hybridized carbons (Fsp3) is 0.385. The first-order chi connectivity index (χ1) is 6.74. The Labute approximate surface area is 86.9 Å². The molecule has 0 radical (unpaired) electrons. The molecule has 0 spiro atoms. The van der Waals surface area contributed by atoms with Gasteiger partial charge in [0.2, 0.25) is 0 Å². The number of nitrogens with one attached hydrogen (secondary N) is 1. The Kier molecular flexibility index (Phi) is 4.24. The van der Waals surface area contributed by atoms with Crippen LogP contribution in [-0.4, -0.2) is 0 Å². The van der Waals surface area contributed by atoms with Crippen molar-refractivity contribution in [3.05, 3.63) is 48.4 Å². The van der Waals surface area contributed by atoms with Crippen LogP contribution in [0, 0.1) is 5.92 Å². The summed E-state index contributed by atoms with van der Waals surface area (Å²) in [6.45, 7) is 8.32. The predicted molar refractivity (Wildman–Crippen MR) is 62.7 cm³/mol. The van der Waals surface area contributed by atoms with Gasteiger partial charge < -0.3 is 5.32 Å². The second kappa shape index (κ2) is 5.48. The molecule has 1 N–H and O–H groups in total. The topological polar surface area (TPSA) is 12.0 Å². The molecule has 76 valence electrons. The van der Waals surface area contributed by atoms with E-state index in [1.54, 1.807) is 0 Å². The number of allylic oxidation sites excluding steroid dienone is 5. The maximum atomic E-state index is 3.92. The van der Waals surface area contributed by atoms with Crippen molar-refractivity contribution in [2.24, 2.45) is 5.92 Å². The fourth-order valence-corrected chi connectivity index (χ4v) is 1.48. The maximum absolute atomic E-state index is 3.92. The molecule has 1 unspecified atom stereocenters. The molecule has 0 amide bonds. The third-order valence-electron chi connectivity index (χ3n) is 2.45. The van der Waals surface area contributed by atoms with E-state index in [1.165, 1.54) is 5.57 Å². The average Bonchev–Trinajstić information content (AvgIpc) is 2.18. The average molecular weight is 189 g/mol. The van der Waals surface area contributed by atoms with Crippen LogP contribution in [0.15, 0.2) is 48.4 Å². The molecule has 0 aromatic rings. The van der Waals surface area contributed by atoms with Crippen molar-refractivity contribution in [3.8, 4) is 0 Å². The Morgan fingerprint density at radius 1 is 1.50 bits per heavy atom. The van der Waals surface area contributed by atoms with Crippen LogP contribution in [0.5, 0.6) is 0 Å². The fourth-order valence-electron chi connectivity index (χ4n) is 1.48. The van der Waals surface area contributed by atoms with Gasteiger partial charge in [0.1, 0.15) is 0 Å². The van der Waals surface area contributed by atoms with Gasteiger partial charge in [0.15, 0.2) is 0 Å². The van der Waals surface area contributed by atoms with Crippen LogP contribution in [0.1, 0.15) is 26.7 Å². The molecule has 0 bridgehead atoms. The second-order valence-electron chi connectivity index (χ2n) is 3.60. The van der Waals surface area contributed by atoms with Gasteiger partial charge in [-0.05, 0) is 30.4 Å². The standard InChI is InChI=1S/C13H19N/c1-4-13-10-14-12(3)9-7-5-6-8-11(13)2/h6-11,14H,3-5H2,1-2H3/b8-6-,9-7-,13-10-. The highest BCUT2D eigenvalue weighted by Crippen LogP contribution is 2.16. The molecule has 0 saturated carbocycles. The molecular weight excluding hydrogens is 170 g/mol. The molecule has 1 aliphatic rings. The SMILES string of the molecule is C=C1/C=C\C/C=C\C(C)/C(CC)=C\N1. The summed E-state index contributed by atoms with van der Waals surface area (Å²) in [5.74, 6) is 0.520. The van der Waals surface area contributed by atoms with Gasteiger partial charge >= 0.3 is 0 Å². The van der Waals surface area contributed by atoms with Crippen molar-refractivity contribution in [1.29, 1.82) is 0 Å². The Hall–Kier alpha value is -1.24. The highest BCUT2D eigenvalue weighted by molar-refractivity contribution is 5.21. The van der Waals surface area contributed by atoms with Gasteiger partial charge in [-0.1, -0.05) is 38.7 Å². The zero-order valence-electron chi connectivity index (χ0n) is 9.09. The molecule has 1 rings (SSSR count). The Morgan fingerprint density at radius 2 is 2.29 bits per heavy atom. The van der Waals surface area contributed by atoms with E-state index in [-0.39, 0.29) is 0 Å². The quantitative estimate of drug-likeness (QED) is 0.622. The van der Waals surface area contributed by atoms with Crippen molar-refractivity contribution in [2.75, 3.05) is 0 Å². The van der Waals surface area contributed by atoms with E-state index in [0.717, 1.165) is 18.5 Å². The molecule has 1 nitrogen and oxygen atoms in total. The molecular formula is C13H19N. The van der Waals surface area contributed by atoms with Gasteiger partial charge in [-0.25, -0.2) is 0 Å². The summed E-state index contributed by atoms with van der Waals surface area (Å²) in [5.41, 5.74) is 2.37. The number of rotatable bonds is 1. The molecule has 1 heterocycles. The van der Waals surface area contributed by atoms with Gasteiger partial charge in [0.05, 0.1) is 0 Å². The predicted octanol–water partition coefficient (Wildman–Crippen LogP) is 3.54. The Morgan fingerprint density at radius 3 is 3.00 bits per heavy atom. The van der Waals surface area contributed by atoms with Crippen molar-refractivity contribution in [2.45, 2.75) is 26.7 Å². The normalized spacial score (nSPS) is 31.1. The highest BCUT2D eigenvalue weighted by atomic mass is 14.8. The summed E-state index contributed by atoms with van der Waals surface area (Å²) in [4.78, 5) is 0. The van der Waals surface area contributed by atoms with E-state index in [9.17, 15) is 0 Å². The van der Waals surface area contributed by atoms with E-state index in [2.05, 4.69) is 50.2 Å². The lowest BCUT2D eigenvalue weighted by Crippen LogP contribution is -2.06. The largest absolute Gasteiger partial charge is 0.362 e. The van der Waals surface area contributed by atoms with Crippen LogP contribution < -0.4 is 5.32 Å². The van der Waals surface area contributed by atoms with E-state index in [4.69, 9.17) is 0 Å². The van der Waals surface area contributed by atoms with Crippen LogP contribution >= 0.6 is 0 Å². The lowest BCUT2D eigenvalue weighted by molar-refractivity contribution is 0.790. The van der Waals surface area contributed by atoms with Gasteiger partial charge in [0.25, 0.3) is 0 Å². The summed E-state index contributed by atoms with van der Waals surface area (Å²) in [6, 6.07) is 0. The van der Waals surface area contributed by atoms with Crippen molar-refractivity contribution < 1.29 is 0 Å². The van der Waals surface area contributed by atoms with E-state index < -0.39 is 0 Å². The van der Waals surface area contributed by atoms with Gasteiger partial charge in [-0.3, -0.25) is 0 Å². The zero-order valence-corrected chi connectivity index (χ0v) is 9.09. The van der Waals surface area contributed by atoms with Gasteiger partial charge in [-0.15, -0.1) is 0 Å². The summed E-state index contributed by atoms with van der Waals surface area (Å²) < 4.78 is 0. The summed E-state index contributed by atoms with van der Waals surface area (Å²) in [7, 11) is 0. The first-order valence-corrected chi connectivity index (χ1v) is 5.21. The first kappa shape index (κ1) is 10.8. The van der Waals surface area contributed by atoms with Gasteiger partial charge in [-0.2, -0.15) is 0 Å². The third-order valence-corrected chi connectivity index (χ3v) is 2.45. The minimum Gasteiger partial charge on any atom is -0.362 e. The Bertz CT molecular complexity index is 282. The van der Waals surface area contributed by atoms with E-state index in [0.29, 0.717) is 5.92 Å². The van der Waals surface area contributed by atoms with E-state index >= 15 is 0 Å². The molecule has 1 atom stereocenters. The summed E-state index contributed by atoms with van der Waals surface area (Å²) in [6.07, 6.45) is 12.7. The Balaban J connectivity index is 2.82. The highest BCUT2D eigenvalue weighted by Gasteiger charge is 2.02. The summed E-state index contributed by atoms with van der Waals surface area (Å²) >= 11 is 0. The maximum Gasteiger partial charge on any atom is 0.0303 e. The molecule has 0 aromatic heterocycles. The third kappa shape index (κ3) is 3.25. The van der Waals surface area contributed by atoms with Crippen LogP contribution in [0.3, 0.4) is 0 Å². The van der Waals surface area contributed by atoms with Crippen LogP contribution in [-0.2, 0) is 0 Å². The van der Waals surface area contributed by atoms with Crippen LogP contribution in [0.25, 0.3) is 0 Å². The van der Waals surface area contributed by atoms with Crippen LogP contribution in [0.4, 0.5) is 0 Å². The zero-order chi connectivity index (χ0) is 10.4. The molecule has 1 aliphatic heterocycles. The van der Waals surface area contributed by atoms with Crippen molar-refractivity contribution in [3.63, 3.8) is 0 Å². The molecule has 0 fully saturated rings. The first-order valence-electron chi connectivity index (χ1n) is 5.21. The number of hydrogen-bond acceptors (Lipinski definition) is 1. The molecule has 1 heteroatoms. The minimum atomic E-state index is 0.520. The molecule has 0 aliphatic carbocycles. The van der Waals surface area contributed by atoms with Crippen molar-refractivity contribution in [1.82, 2.24) is 5.32 Å². The monoisotopic (exact) mass is 189 g/mol. The van der Waals surface area contributed by atoms with Crippen molar-refractivity contribution >= 4 is 0 Å². The molecule has 0 aromatic carbocycles. The van der Waals surface area contributed by atoms with Gasteiger partial charge in [0, 0.05) is 11.9 Å². The lowest BCUT2D eigenvalue weighted by Gasteiger charge is -2.12. The lowest BCUT2D eigenvalue weighted by atomic mass is 9.98. The van der Waals surface area contributed by atoms with E-state index in [1.807, 2.05) is 6.08 Å². The second-order valence-corrected chi connectivity index (χ2v) is 3.60. The van der Waals surface area contributed by atoms with Crippen LogP contribution in [0.2, 0.25) is 0 Å². The minimum absolute atomic E-state index is 0.520.